The van der Waals surface area contributed by atoms with E-state index in [4.69, 9.17) is 27.9 Å². The quantitative estimate of drug-likeness (QED) is 0.790. The van der Waals surface area contributed by atoms with Crippen LogP contribution in [0.15, 0.2) is 30.5 Å². The molecule has 0 atom stereocenters. The van der Waals surface area contributed by atoms with Gasteiger partial charge in [0.15, 0.2) is 0 Å². The van der Waals surface area contributed by atoms with Crippen molar-refractivity contribution in [3.8, 4) is 0 Å². The summed E-state index contributed by atoms with van der Waals surface area (Å²) in [6.07, 6.45) is 1.48. The summed E-state index contributed by atoms with van der Waals surface area (Å²) >= 11 is 12.1. The Bertz CT molecular complexity index is 647. The number of benzene rings is 1. The highest BCUT2D eigenvalue weighted by Gasteiger charge is 2.11. The lowest BCUT2D eigenvalue weighted by Gasteiger charge is -2.09. The molecule has 2 rings (SSSR count). The maximum Gasteiger partial charge on any atom is 0.270 e. The van der Waals surface area contributed by atoms with Gasteiger partial charge in [-0.25, -0.2) is 9.97 Å². The number of hydrogen-bond donors (Lipinski definition) is 2. The molecule has 1 aromatic heterocycles. The Morgan fingerprint density at radius 2 is 2.00 bits per heavy atom. The molecule has 0 fully saturated rings. The zero-order valence-electron chi connectivity index (χ0n) is 11.8. The molecule has 1 aromatic carbocycles. The minimum Gasteiger partial charge on any atom is -0.383 e. The standard InChI is InChI=1S/C14H14Cl2N4O2/c1-22-8-7-17-13(21)11-5-6-18-14(19-11)20-12-9(15)3-2-4-10(12)16/h2-6H,7-8H2,1H3,(H,17,21)(H,18,19,20). The van der Waals surface area contributed by atoms with Crippen LogP contribution in [0.5, 0.6) is 0 Å². The second-order valence-corrected chi connectivity index (χ2v) is 5.05. The molecule has 116 valence electrons. The molecule has 8 heteroatoms. The molecule has 0 saturated heterocycles. The van der Waals surface area contributed by atoms with Gasteiger partial charge in [-0.3, -0.25) is 4.79 Å². The van der Waals surface area contributed by atoms with Gasteiger partial charge >= 0.3 is 0 Å². The maximum absolute atomic E-state index is 11.9. The number of methoxy groups -OCH3 is 1. The van der Waals surface area contributed by atoms with Crippen LogP contribution in [0.2, 0.25) is 10.0 Å². The molecular formula is C14H14Cl2N4O2. The number of ether oxygens (including phenoxy) is 1. The van der Waals surface area contributed by atoms with Gasteiger partial charge in [0, 0.05) is 19.9 Å². The largest absolute Gasteiger partial charge is 0.383 e. The smallest absolute Gasteiger partial charge is 0.270 e. The molecule has 1 amide bonds. The number of nitrogens with one attached hydrogen (secondary N) is 2. The Kier molecular flexibility index (Phi) is 5.94. The molecule has 2 aromatic rings. The molecular weight excluding hydrogens is 327 g/mol. The van der Waals surface area contributed by atoms with E-state index in [-0.39, 0.29) is 17.5 Å². The monoisotopic (exact) mass is 340 g/mol. The van der Waals surface area contributed by atoms with Crippen molar-refractivity contribution in [1.82, 2.24) is 15.3 Å². The van der Waals surface area contributed by atoms with Crippen LogP contribution < -0.4 is 10.6 Å². The van der Waals surface area contributed by atoms with Crippen molar-refractivity contribution >= 4 is 40.7 Å². The van der Waals surface area contributed by atoms with Crippen LogP contribution in [0.3, 0.4) is 0 Å². The van der Waals surface area contributed by atoms with Gasteiger partial charge in [-0.1, -0.05) is 29.3 Å². The third-order valence-electron chi connectivity index (χ3n) is 2.68. The number of aromatic nitrogens is 2. The summed E-state index contributed by atoms with van der Waals surface area (Å²) in [6.45, 7) is 0.829. The summed E-state index contributed by atoms with van der Waals surface area (Å²) in [5.74, 6) is -0.0813. The van der Waals surface area contributed by atoms with Gasteiger partial charge in [0.05, 0.1) is 22.3 Å². The van der Waals surface area contributed by atoms with Crippen molar-refractivity contribution in [2.75, 3.05) is 25.6 Å². The van der Waals surface area contributed by atoms with E-state index in [0.29, 0.717) is 28.9 Å². The van der Waals surface area contributed by atoms with Crippen LogP contribution in [0.25, 0.3) is 0 Å². The molecule has 1 heterocycles. The molecule has 0 unspecified atom stereocenters. The van der Waals surface area contributed by atoms with Gasteiger partial charge in [0.25, 0.3) is 5.91 Å². The Morgan fingerprint density at radius 3 is 2.68 bits per heavy atom. The van der Waals surface area contributed by atoms with Crippen LogP contribution >= 0.6 is 23.2 Å². The van der Waals surface area contributed by atoms with Crippen molar-refractivity contribution in [3.05, 3.63) is 46.2 Å². The van der Waals surface area contributed by atoms with E-state index in [1.165, 1.54) is 12.3 Å². The first-order valence-electron chi connectivity index (χ1n) is 6.43. The second-order valence-electron chi connectivity index (χ2n) is 4.24. The van der Waals surface area contributed by atoms with Gasteiger partial charge in [-0.2, -0.15) is 0 Å². The van der Waals surface area contributed by atoms with Crippen molar-refractivity contribution < 1.29 is 9.53 Å². The average molecular weight is 341 g/mol. The van der Waals surface area contributed by atoms with Crippen molar-refractivity contribution in [1.29, 1.82) is 0 Å². The van der Waals surface area contributed by atoms with Crippen molar-refractivity contribution in [3.63, 3.8) is 0 Å². The van der Waals surface area contributed by atoms with E-state index >= 15 is 0 Å². The second kappa shape index (κ2) is 7.93. The molecule has 22 heavy (non-hydrogen) atoms. The van der Waals surface area contributed by atoms with Crippen LogP contribution in [-0.2, 0) is 4.74 Å². The van der Waals surface area contributed by atoms with Crippen LogP contribution in [0.4, 0.5) is 11.6 Å². The first-order chi connectivity index (χ1) is 10.6. The Morgan fingerprint density at radius 1 is 1.27 bits per heavy atom. The number of hydrogen-bond acceptors (Lipinski definition) is 5. The lowest BCUT2D eigenvalue weighted by molar-refractivity contribution is 0.0932. The Hall–Kier alpha value is -1.89. The molecule has 0 bridgehead atoms. The number of carbonyl (C=O) groups excluding carboxylic acids is 1. The van der Waals surface area contributed by atoms with Crippen LogP contribution in [0.1, 0.15) is 10.5 Å². The summed E-state index contributed by atoms with van der Waals surface area (Å²) in [5.41, 5.74) is 0.722. The zero-order valence-corrected chi connectivity index (χ0v) is 13.3. The average Bonchev–Trinajstić information content (AvgIpc) is 2.51. The number of rotatable bonds is 6. The molecule has 0 spiro atoms. The first-order valence-corrected chi connectivity index (χ1v) is 7.18. The van der Waals surface area contributed by atoms with E-state index in [2.05, 4.69) is 20.6 Å². The van der Waals surface area contributed by atoms with Gasteiger partial charge in [0.1, 0.15) is 5.69 Å². The van der Waals surface area contributed by atoms with E-state index in [1.807, 2.05) is 0 Å². The van der Waals surface area contributed by atoms with Crippen LogP contribution in [0, 0.1) is 0 Å². The number of para-hydroxylation sites is 1. The van der Waals surface area contributed by atoms with E-state index in [9.17, 15) is 4.79 Å². The van der Waals surface area contributed by atoms with E-state index in [0.717, 1.165) is 0 Å². The lowest BCUT2D eigenvalue weighted by atomic mass is 10.3. The fraction of sp³-hybridized carbons (Fsp3) is 0.214. The maximum atomic E-state index is 11.9. The van der Waals surface area contributed by atoms with Gasteiger partial charge in [0.2, 0.25) is 5.95 Å². The molecule has 0 saturated carbocycles. The van der Waals surface area contributed by atoms with Gasteiger partial charge in [-0.15, -0.1) is 0 Å². The SMILES string of the molecule is COCCNC(=O)c1ccnc(Nc2c(Cl)cccc2Cl)n1. The van der Waals surface area contributed by atoms with Crippen LogP contribution in [-0.4, -0.2) is 36.1 Å². The summed E-state index contributed by atoms with van der Waals surface area (Å²) in [7, 11) is 1.56. The third kappa shape index (κ3) is 4.30. The van der Waals surface area contributed by atoms with Crippen molar-refractivity contribution in [2.24, 2.45) is 0 Å². The first kappa shape index (κ1) is 16.5. The van der Waals surface area contributed by atoms with Crippen molar-refractivity contribution in [2.45, 2.75) is 0 Å². The molecule has 6 nitrogen and oxygen atoms in total. The topological polar surface area (TPSA) is 76.1 Å². The van der Waals surface area contributed by atoms with E-state index < -0.39 is 0 Å². The highest BCUT2D eigenvalue weighted by molar-refractivity contribution is 6.39. The Balaban J connectivity index is 2.13. The normalized spacial score (nSPS) is 10.3. The fourth-order valence-electron chi connectivity index (χ4n) is 1.63. The molecule has 2 N–H and O–H groups in total. The minimum atomic E-state index is -0.312. The minimum absolute atomic E-state index is 0.231. The fourth-order valence-corrected chi connectivity index (χ4v) is 2.12. The summed E-state index contributed by atoms with van der Waals surface area (Å²) < 4.78 is 4.87. The number of nitrogens with zero attached hydrogens (tertiary/aromatic N) is 2. The molecule has 0 radical (unpaired) electrons. The van der Waals surface area contributed by atoms with Gasteiger partial charge < -0.3 is 15.4 Å². The Labute approximate surface area is 137 Å². The van der Waals surface area contributed by atoms with E-state index in [1.54, 1.807) is 25.3 Å². The molecule has 0 aliphatic heterocycles. The van der Waals surface area contributed by atoms with Gasteiger partial charge in [-0.05, 0) is 18.2 Å². The lowest BCUT2D eigenvalue weighted by Crippen LogP contribution is -2.27. The molecule has 0 aliphatic rings. The number of halogens is 2. The molecule has 0 aliphatic carbocycles. The number of anilines is 2. The zero-order chi connectivity index (χ0) is 15.9. The predicted molar refractivity (Wildman–Crippen MR) is 86.0 cm³/mol. The summed E-state index contributed by atoms with van der Waals surface area (Å²) in [4.78, 5) is 20.1. The summed E-state index contributed by atoms with van der Waals surface area (Å²) in [5, 5.41) is 6.46. The summed E-state index contributed by atoms with van der Waals surface area (Å²) in [6, 6.07) is 6.63. The number of amides is 1. The predicted octanol–water partition coefficient (Wildman–Crippen LogP) is 2.90. The number of carbonyl (C=O) groups is 1. The highest BCUT2D eigenvalue weighted by atomic mass is 35.5. The third-order valence-corrected chi connectivity index (χ3v) is 3.31. The highest BCUT2D eigenvalue weighted by Crippen LogP contribution is 2.31.